The summed E-state index contributed by atoms with van der Waals surface area (Å²) < 4.78 is 16.3. The van der Waals surface area contributed by atoms with Crippen LogP contribution in [0, 0.1) is 19.7 Å². The molecule has 3 aromatic carbocycles. The summed E-state index contributed by atoms with van der Waals surface area (Å²) in [5.41, 5.74) is 5.20. The maximum Gasteiger partial charge on any atom is 0.255 e. The average Bonchev–Trinajstić information content (AvgIpc) is 3.13. The van der Waals surface area contributed by atoms with Crippen molar-refractivity contribution < 1.29 is 9.18 Å². The first-order valence-corrected chi connectivity index (χ1v) is 14.5. The summed E-state index contributed by atoms with van der Waals surface area (Å²) in [6.45, 7) is 6.64. The summed E-state index contributed by atoms with van der Waals surface area (Å²) in [6, 6.07) is 22.2. The Balaban J connectivity index is 1.39. The van der Waals surface area contributed by atoms with Gasteiger partial charge in [-0.1, -0.05) is 42.0 Å². The van der Waals surface area contributed by atoms with Crippen molar-refractivity contribution in [2.45, 2.75) is 26.7 Å². The third kappa shape index (κ3) is 5.59. The lowest BCUT2D eigenvalue weighted by atomic mass is 10.1. The van der Waals surface area contributed by atoms with Crippen molar-refractivity contribution in [3.8, 4) is 5.69 Å². The summed E-state index contributed by atoms with van der Waals surface area (Å²) >= 11 is 3.53. The molecule has 5 aromatic rings. The molecule has 6 rings (SSSR count). The molecule has 9 heteroatoms. The number of rotatable bonds is 5. The molecular formula is C32H30BrFN6O. The Morgan fingerprint density at radius 1 is 0.902 bits per heavy atom. The highest BCUT2D eigenvalue weighted by Gasteiger charge is 2.26. The van der Waals surface area contributed by atoms with Gasteiger partial charge in [0.2, 0.25) is 0 Å². The van der Waals surface area contributed by atoms with Crippen LogP contribution in [0.15, 0.2) is 77.3 Å². The minimum atomic E-state index is -0.302. The molecule has 1 amide bonds. The maximum absolute atomic E-state index is 13.7. The normalized spacial score (nSPS) is 14.0. The van der Waals surface area contributed by atoms with Crippen LogP contribution in [-0.4, -0.2) is 56.7 Å². The lowest BCUT2D eigenvalue weighted by molar-refractivity contribution is 0.0766. The standard InChI is InChI=1S/C32H30BrFN6O/c1-21-8-10-23(11-9-21)20-28-35-30(29-22(2)37-40(31(29)36-28)25-14-12-24(34)13-15-25)38-16-5-17-39(19-18-38)32(41)26-6-3-4-7-27(26)33/h3-4,6-15H,5,16-20H2,1-2H3. The number of anilines is 1. The molecule has 1 saturated heterocycles. The van der Waals surface area contributed by atoms with E-state index in [0.29, 0.717) is 43.1 Å². The molecule has 2 aromatic heterocycles. The molecule has 41 heavy (non-hydrogen) atoms. The molecule has 1 aliphatic heterocycles. The summed E-state index contributed by atoms with van der Waals surface area (Å²) in [5.74, 6) is 1.22. The first-order valence-electron chi connectivity index (χ1n) is 13.7. The minimum absolute atomic E-state index is 0.0209. The molecule has 0 spiro atoms. The topological polar surface area (TPSA) is 67.2 Å². The van der Waals surface area contributed by atoms with Gasteiger partial charge in [0, 0.05) is 37.1 Å². The summed E-state index contributed by atoms with van der Waals surface area (Å²) in [5, 5.41) is 5.68. The SMILES string of the molecule is Cc1ccc(Cc2nc(N3CCCN(C(=O)c4ccccc4Br)CC3)c3c(C)nn(-c4ccc(F)cc4)c3n2)cc1. The van der Waals surface area contributed by atoms with Crippen LogP contribution in [0.2, 0.25) is 0 Å². The highest BCUT2D eigenvalue weighted by molar-refractivity contribution is 9.10. The van der Waals surface area contributed by atoms with Crippen molar-refractivity contribution in [1.29, 1.82) is 0 Å². The van der Waals surface area contributed by atoms with E-state index in [4.69, 9.17) is 15.1 Å². The number of hydrogen-bond donors (Lipinski definition) is 0. The Morgan fingerprint density at radius 3 is 2.41 bits per heavy atom. The Morgan fingerprint density at radius 2 is 1.66 bits per heavy atom. The quantitative estimate of drug-likeness (QED) is 0.234. The second-order valence-corrected chi connectivity index (χ2v) is 11.3. The predicted octanol–water partition coefficient (Wildman–Crippen LogP) is 6.28. The van der Waals surface area contributed by atoms with Crippen LogP contribution in [0.4, 0.5) is 10.2 Å². The number of hydrogen-bond acceptors (Lipinski definition) is 5. The van der Waals surface area contributed by atoms with Crippen LogP contribution in [-0.2, 0) is 6.42 Å². The Hall–Kier alpha value is -4.11. The molecule has 208 valence electrons. The minimum Gasteiger partial charge on any atom is -0.354 e. The van der Waals surface area contributed by atoms with Gasteiger partial charge in [0.1, 0.15) is 17.5 Å². The van der Waals surface area contributed by atoms with E-state index in [1.807, 2.05) is 36.1 Å². The van der Waals surface area contributed by atoms with Crippen molar-refractivity contribution in [1.82, 2.24) is 24.6 Å². The fraction of sp³-hybridized carbons (Fsp3) is 0.250. The Kier molecular flexibility index (Phi) is 7.53. The zero-order valence-electron chi connectivity index (χ0n) is 23.0. The van der Waals surface area contributed by atoms with Gasteiger partial charge < -0.3 is 9.80 Å². The van der Waals surface area contributed by atoms with Crippen LogP contribution in [0.5, 0.6) is 0 Å². The van der Waals surface area contributed by atoms with Crippen molar-refractivity contribution in [2.75, 3.05) is 31.1 Å². The number of carbonyl (C=O) groups is 1. The molecule has 1 fully saturated rings. The molecule has 0 unspecified atom stereocenters. The third-order valence-electron chi connectivity index (χ3n) is 7.47. The lowest BCUT2D eigenvalue weighted by Gasteiger charge is -2.24. The number of aryl methyl sites for hydroxylation is 2. The highest BCUT2D eigenvalue weighted by Crippen LogP contribution is 2.31. The second kappa shape index (κ2) is 11.4. The van der Waals surface area contributed by atoms with E-state index < -0.39 is 0 Å². The van der Waals surface area contributed by atoms with Crippen molar-refractivity contribution >= 4 is 38.7 Å². The van der Waals surface area contributed by atoms with Gasteiger partial charge in [-0.05, 0) is 78.2 Å². The van der Waals surface area contributed by atoms with E-state index in [9.17, 15) is 9.18 Å². The van der Waals surface area contributed by atoms with Gasteiger partial charge in [0.05, 0.1) is 22.3 Å². The number of nitrogens with zero attached hydrogens (tertiary/aromatic N) is 6. The van der Waals surface area contributed by atoms with E-state index in [-0.39, 0.29) is 11.7 Å². The van der Waals surface area contributed by atoms with Gasteiger partial charge in [-0.2, -0.15) is 5.10 Å². The monoisotopic (exact) mass is 612 g/mol. The Bertz CT molecular complexity index is 1720. The van der Waals surface area contributed by atoms with Crippen LogP contribution in [0.3, 0.4) is 0 Å². The molecule has 0 aliphatic carbocycles. The molecule has 0 N–H and O–H groups in total. The molecule has 3 heterocycles. The van der Waals surface area contributed by atoms with Gasteiger partial charge in [0.25, 0.3) is 5.91 Å². The van der Waals surface area contributed by atoms with Crippen molar-refractivity contribution in [3.63, 3.8) is 0 Å². The van der Waals surface area contributed by atoms with Crippen molar-refractivity contribution in [2.24, 2.45) is 0 Å². The van der Waals surface area contributed by atoms with Gasteiger partial charge in [0.15, 0.2) is 5.65 Å². The smallest absolute Gasteiger partial charge is 0.255 e. The van der Waals surface area contributed by atoms with Gasteiger partial charge in [-0.25, -0.2) is 19.0 Å². The van der Waals surface area contributed by atoms with Crippen LogP contribution in [0.25, 0.3) is 16.7 Å². The number of carbonyl (C=O) groups excluding carboxylic acids is 1. The van der Waals surface area contributed by atoms with E-state index >= 15 is 0 Å². The van der Waals surface area contributed by atoms with E-state index in [1.54, 1.807) is 16.8 Å². The molecular weight excluding hydrogens is 583 g/mol. The van der Waals surface area contributed by atoms with Crippen LogP contribution < -0.4 is 4.90 Å². The predicted molar refractivity (Wildman–Crippen MR) is 162 cm³/mol. The maximum atomic E-state index is 13.7. The van der Waals surface area contributed by atoms with Crippen molar-refractivity contribution in [3.05, 3.63) is 111 Å². The van der Waals surface area contributed by atoms with E-state index in [0.717, 1.165) is 45.6 Å². The number of benzene rings is 3. The van der Waals surface area contributed by atoms with E-state index in [2.05, 4.69) is 52.0 Å². The average molecular weight is 614 g/mol. The fourth-order valence-electron chi connectivity index (χ4n) is 5.30. The van der Waals surface area contributed by atoms with Gasteiger partial charge in [-0.3, -0.25) is 4.79 Å². The van der Waals surface area contributed by atoms with E-state index in [1.165, 1.54) is 17.7 Å². The lowest BCUT2D eigenvalue weighted by Crippen LogP contribution is -2.35. The van der Waals surface area contributed by atoms with Crippen LogP contribution >= 0.6 is 15.9 Å². The molecule has 0 bridgehead atoms. The molecule has 0 atom stereocenters. The highest BCUT2D eigenvalue weighted by atomic mass is 79.9. The largest absolute Gasteiger partial charge is 0.354 e. The second-order valence-electron chi connectivity index (χ2n) is 10.4. The summed E-state index contributed by atoms with van der Waals surface area (Å²) in [7, 11) is 0. The number of fused-ring (bicyclic) bond motifs is 1. The third-order valence-corrected chi connectivity index (χ3v) is 8.16. The van der Waals surface area contributed by atoms with Gasteiger partial charge in [-0.15, -0.1) is 0 Å². The molecule has 7 nitrogen and oxygen atoms in total. The van der Waals surface area contributed by atoms with Crippen LogP contribution in [0.1, 0.15) is 39.4 Å². The first-order chi connectivity index (χ1) is 19.9. The first kappa shape index (κ1) is 27.1. The molecule has 1 aliphatic rings. The molecule has 0 saturated carbocycles. The number of aromatic nitrogens is 4. The zero-order chi connectivity index (χ0) is 28.5. The number of amides is 1. The number of halogens is 2. The fourth-order valence-corrected chi connectivity index (χ4v) is 5.76. The summed E-state index contributed by atoms with van der Waals surface area (Å²) in [4.78, 5) is 27.6. The molecule has 0 radical (unpaired) electrons. The Labute approximate surface area is 246 Å². The zero-order valence-corrected chi connectivity index (χ0v) is 24.6. The van der Waals surface area contributed by atoms with Gasteiger partial charge >= 0.3 is 0 Å². The summed E-state index contributed by atoms with van der Waals surface area (Å²) in [6.07, 6.45) is 1.37.